The van der Waals surface area contributed by atoms with Crippen molar-refractivity contribution in [3.8, 4) is 0 Å². The molecule has 0 aliphatic heterocycles. The summed E-state index contributed by atoms with van der Waals surface area (Å²) in [4.78, 5) is 22.5. The number of halogens is 1. The molecule has 0 aliphatic carbocycles. The number of rotatable bonds is 6. The molecule has 22 heavy (non-hydrogen) atoms. The van der Waals surface area contributed by atoms with Crippen molar-refractivity contribution in [2.75, 3.05) is 23.8 Å². The smallest absolute Gasteiger partial charge is 0.274 e. The van der Waals surface area contributed by atoms with Gasteiger partial charge in [0.25, 0.3) is 5.91 Å². The number of unbranched alkanes of at least 4 members (excludes halogenated alkanes) is 1. The zero-order valence-corrected chi connectivity index (χ0v) is 12.7. The van der Waals surface area contributed by atoms with Gasteiger partial charge in [-0.3, -0.25) is 4.79 Å². The van der Waals surface area contributed by atoms with E-state index in [0.29, 0.717) is 11.6 Å². The van der Waals surface area contributed by atoms with Gasteiger partial charge in [0, 0.05) is 25.5 Å². The fourth-order valence-corrected chi connectivity index (χ4v) is 1.92. The lowest BCUT2D eigenvalue weighted by Crippen LogP contribution is -2.22. The minimum absolute atomic E-state index is 0.248. The monoisotopic (exact) mass is 302 g/mol. The van der Waals surface area contributed by atoms with E-state index in [1.165, 1.54) is 24.3 Å². The maximum atomic E-state index is 13.1. The molecule has 0 unspecified atom stereocenters. The summed E-state index contributed by atoms with van der Waals surface area (Å²) in [6.45, 7) is 2.93. The quantitative estimate of drug-likeness (QED) is 0.891. The maximum absolute atomic E-state index is 13.1. The van der Waals surface area contributed by atoms with E-state index in [2.05, 4.69) is 22.2 Å². The van der Waals surface area contributed by atoms with Crippen molar-refractivity contribution < 1.29 is 9.18 Å². The Morgan fingerprint density at radius 2 is 2.18 bits per heavy atom. The van der Waals surface area contributed by atoms with E-state index in [1.807, 2.05) is 11.9 Å². The molecule has 0 aliphatic rings. The first kappa shape index (κ1) is 15.9. The molecule has 1 amide bonds. The van der Waals surface area contributed by atoms with Gasteiger partial charge in [0.05, 0.1) is 0 Å². The van der Waals surface area contributed by atoms with Crippen LogP contribution in [0, 0.1) is 5.82 Å². The molecule has 1 aromatic carbocycles. The van der Waals surface area contributed by atoms with Crippen LogP contribution in [0.5, 0.6) is 0 Å². The number of carbonyl (C=O) groups excluding carboxylic acids is 1. The average molecular weight is 302 g/mol. The average Bonchev–Trinajstić information content (AvgIpc) is 2.52. The normalized spacial score (nSPS) is 10.3. The highest BCUT2D eigenvalue weighted by atomic mass is 19.1. The first-order valence-corrected chi connectivity index (χ1v) is 7.21. The van der Waals surface area contributed by atoms with Crippen LogP contribution in [0.1, 0.15) is 30.3 Å². The van der Waals surface area contributed by atoms with Crippen LogP contribution in [-0.4, -0.2) is 29.5 Å². The summed E-state index contributed by atoms with van der Waals surface area (Å²) in [5.41, 5.74) is 0.641. The fourth-order valence-electron chi connectivity index (χ4n) is 1.92. The van der Waals surface area contributed by atoms with E-state index in [9.17, 15) is 9.18 Å². The minimum atomic E-state index is -0.402. The van der Waals surface area contributed by atoms with Crippen molar-refractivity contribution in [3.63, 3.8) is 0 Å². The maximum Gasteiger partial charge on any atom is 0.274 e. The van der Waals surface area contributed by atoms with Crippen LogP contribution >= 0.6 is 0 Å². The van der Waals surface area contributed by atoms with Gasteiger partial charge >= 0.3 is 0 Å². The molecule has 116 valence electrons. The van der Waals surface area contributed by atoms with Crippen molar-refractivity contribution in [1.29, 1.82) is 0 Å². The molecule has 1 heterocycles. The van der Waals surface area contributed by atoms with Gasteiger partial charge in [-0.2, -0.15) is 0 Å². The third kappa shape index (κ3) is 4.25. The summed E-state index contributed by atoms with van der Waals surface area (Å²) >= 11 is 0. The lowest BCUT2D eigenvalue weighted by atomic mass is 10.3. The van der Waals surface area contributed by atoms with Gasteiger partial charge in [-0.1, -0.05) is 19.4 Å². The number of amides is 1. The lowest BCUT2D eigenvalue weighted by molar-refractivity contribution is 0.102. The summed E-state index contributed by atoms with van der Waals surface area (Å²) in [7, 11) is 1.89. The molecule has 2 rings (SSSR count). The van der Waals surface area contributed by atoms with Crippen molar-refractivity contribution in [1.82, 2.24) is 9.97 Å². The second-order valence-electron chi connectivity index (χ2n) is 4.98. The van der Waals surface area contributed by atoms with Crippen molar-refractivity contribution in [3.05, 3.63) is 48.0 Å². The number of nitrogens with zero attached hydrogens (tertiary/aromatic N) is 3. The predicted octanol–water partition coefficient (Wildman–Crippen LogP) is 3.10. The molecule has 6 heteroatoms. The van der Waals surface area contributed by atoms with Crippen LogP contribution in [0.4, 0.5) is 16.0 Å². The third-order valence-corrected chi connectivity index (χ3v) is 3.15. The van der Waals surface area contributed by atoms with Gasteiger partial charge in [-0.15, -0.1) is 0 Å². The van der Waals surface area contributed by atoms with Crippen LogP contribution < -0.4 is 10.2 Å². The molecule has 0 saturated heterocycles. The van der Waals surface area contributed by atoms with Crippen LogP contribution in [0.3, 0.4) is 0 Å². The zero-order chi connectivity index (χ0) is 15.9. The molecule has 1 aromatic heterocycles. The van der Waals surface area contributed by atoms with Crippen molar-refractivity contribution >= 4 is 17.5 Å². The lowest BCUT2D eigenvalue weighted by Gasteiger charge is -2.16. The van der Waals surface area contributed by atoms with Crippen molar-refractivity contribution in [2.45, 2.75) is 19.8 Å². The Hall–Kier alpha value is -2.50. The zero-order valence-electron chi connectivity index (χ0n) is 12.7. The first-order chi connectivity index (χ1) is 10.6. The number of carbonyl (C=O) groups is 1. The molecule has 0 bridgehead atoms. The van der Waals surface area contributed by atoms with Gasteiger partial charge in [0.2, 0.25) is 5.95 Å². The van der Waals surface area contributed by atoms with Crippen molar-refractivity contribution in [2.24, 2.45) is 0 Å². The number of hydrogen-bond acceptors (Lipinski definition) is 4. The van der Waals surface area contributed by atoms with Gasteiger partial charge in [0.1, 0.15) is 11.5 Å². The Kier molecular flexibility index (Phi) is 5.41. The van der Waals surface area contributed by atoms with E-state index in [4.69, 9.17) is 0 Å². The highest BCUT2D eigenvalue weighted by Gasteiger charge is 2.11. The third-order valence-electron chi connectivity index (χ3n) is 3.15. The summed E-state index contributed by atoms with van der Waals surface area (Å²) < 4.78 is 13.1. The first-order valence-electron chi connectivity index (χ1n) is 7.21. The summed E-state index contributed by atoms with van der Waals surface area (Å²) in [6, 6.07) is 7.27. The topological polar surface area (TPSA) is 58.1 Å². The SMILES string of the molecule is CCCCN(C)c1nccc(C(=O)Nc2cccc(F)c2)n1. The highest BCUT2D eigenvalue weighted by Crippen LogP contribution is 2.12. The number of anilines is 2. The highest BCUT2D eigenvalue weighted by molar-refractivity contribution is 6.02. The summed E-state index contributed by atoms with van der Waals surface area (Å²) in [5.74, 6) is -0.293. The van der Waals surface area contributed by atoms with E-state index in [-0.39, 0.29) is 5.69 Å². The van der Waals surface area contributed by atoms with E-state index >= 15 is 0 Å². The van der Waals surface area contributed by atoms with E-state index in [0.717, 1.165) is 19.4 Å². The Balaban J connectivity index is 2.10. The van der Waals surface area contributed by atoms with Crippen LogP contribution in [-0.2, 0) is 0 Å². The Morgan fingerprint density at radius 1 is 1.36 bits per heavy atom. The van der Waals surface area contributed by atoms with Gasteiger partial charge in [-0.25, -0.2) is 14.4 Å². The van der Waals surface area contributed by atoms with Crippen LogP contribution in [0.25, 0.3) is 0 Å². The molecule has 5 nitrogen and oxygen atoms in total. The number of aromatic nitrogens is 2. The van der Waals surface area contributed by atoms with Gasteiger partial charge < -0.3 is 10.2 Å². The van der Waals surface area contributed by atoms with Crippen LogP contribution in [0.2, 0.25) is 0 Å². The standard InChI is InChI=1S/C16H19FN4O/c1-3-4-10-21(2)16-18-9-8-14(20-16)15(22)19-13-7-5-6-12(17)11-13/h5-9,11H,3-4,10H2,1-2H3,(H,19,22). The number of hydrogen-bond donors (Lipinski definition) is 1. The van der Waals surface area contributed by atoms with Gasteiger partial charge in [-0.05, 0) is 30.7 Å². The molecule has 0 saturated carbocycles. The second kappa shape index (κ2) is 7.49. The molecule has 2 aromatic rings. The Bertz CT molecular complexity index is 648. The Labute approximate surface area is 129 Å². The minimum Gasteiger partial charge on any atom is -0.344 e. The fraction of sp³-hybridized carbons (Fsp3) is 0.312. The predicted molar refractivity (Wildman–Crippen MR) is 84.6 cm³/mol. The van der Waals surface area contributed by atoms with Crippen LogP contribution in [0.15, 0.2) is 36.5 Å². The molecule has 0 radical (unpaired) electrons. The summed E-state index contributed by atoms with van der Waals surface area (Å²) in [6.07, 6.45) is 3.65. The molecular formula is C16H19FN4O. The van der Waals surface area contributed by atoms with E-state index in [1.54, 1.807) is 12.3 Å². The number of benzene rings is 1. The van der Waals surface area contributed by atoms with E-state index < -0.39 is 11.7 Å². The van der Waals surface area contributed by atoms with Gasteiger partial charge in [0.15, 0.2) is 0 Å². The molecule has 1 N–H and O–H groups in total. The second-order valence-corrected chi connectivity index (χ2v) is 4.98. The summed E-state index contributed by atoms with van der Waals surface area (Å²) in [5, 5.41) is 2.62. The molecule has 0 atom stereocenters. The molecule has 0 fully saturated rings. The largest absolute Gasteiger partial charge is 0.344 e. The molecule has 0 spiro atoms. The number of nitrogens with one attached hydrogen (secondary N) is 1. The Morgan fingerprint density at radius 3 is 2.91 bits per heavy atom. The molecular weight excluding hydrogens is 283 g/mol.